The minimum absolute atomic E-state index is 0.236. The summed E-state index contributed by atoms with van der Waals surface area (Å²) in [5.74, 6) is 0. The van der Waals surface area contributed by atoms with Crippen LogP contribution in [0.4, 0.5) is 4.79 Å². The van der Waals surface area contributed by atoms with Crippen LogP contribution in [0.1, 0.15) is 59.3 Å². The Morgan fingerprint density at radius 2 is 2.00 bits per heavy atom. The Labute approximate surface area is 128 Å². The molecule has 5 heteroatoms. The van der Waals surface area contributed by atoms with Crippen LogP contribution in [0, 0.1) is 0 Å². The number of amides is 1. The molecule has 3 unspecified atom stereocenters. The van der Waals surface area contributed by atoms with Gasteiger partial charge in [0.15, 0.2) is 0 Å². The normalized spacial score (nSPS) is 29.6. The first-order chi connectivity index (χ1) is 9.92. The first-order valence-corrected chi connectivity index (χ1v) is 8.27. The van der Waals surface area contributed by atoms with E-state index in [0.717, 1.165) is 38.8 Å². The zero-order chi connectivity index (χ0) is 15.3. The second kappa shape index (κ2) is 7.45. The molecular weight excluding hydrogens is 268 g/mol. The Hall–Kier alpha value is -0.810. The predicted octanol–water partition coefficient (Wildman–Crippen LogP) is 2.59. The lowest BCUT2D eigenvalue weighted by Crippen LogP contribution is -2.39. The summed E-state index contributed by atoms with van der Waals surface area (Å²) in [4.78, 5) is 11.7. The van der Waals surface area contributed by atoms with E-state index in [4.69, 9.17) is 9.47 Å². The van der Waals surface area contributed by atoms with Gasteiger partial charge in [-0.15, -0.1) is 0 Å². The fourth-order valence-electron chi connectivity index (χ4n) is 3.09. The van der Waals surface area contributed by atoms with Crippen LogP contribution >= 0.6 is 0 Å². The van der Waals surface area contributed by atoms with Crippen LogP contribution in [-0.4, -0.2) is 43.0 Å². The molecule has 21 heavy (non-hydrogen) atoms. The second-order valence-corrected chi connectivity index (χ2v) is 7.23. The third kappa shape index (κ3) is 6.22. The summed E-state index contributed by atoms with van der Waals surface area (Å²) in [7, 11) is 0. The summed E-state index contributed by atoms with van der Waals surface area (Å²) in [5, 5.41) is 6.56. The fourth-order valence-corrected chi connectivity index (χ4v) is 3.09. The van der Waals surface area contributed by atoms with Crippen LogP contribution in [0.3, 0.4) is 0 Å². The van der Waals surface area contributed by atoms with Gasteiger partial charge in [-0.2, -0.15) is 0 Å². The van der Waals surface area contributed by atoms with Crippen LogP contribution < -0.4 is 10.6 Å². The highest BCUT2D eigenvalue weighted by Crippen LogP contribution is 2.20. The van der Waals surface area contributed by atoms with E-state index in [2.05, 4.69) is 10.6 Å². The van der Waals surface area contributed by atoms with Crippen molar-refractivity contribution in [1.82, 2.24) is 10.6 Å². The van der Waals surface area contributed by atoms with E-state index >= 15 is 0 Å². The third-order valence-electron chi connectivity index (χ3n) is 4.08. The van der Waals surface area contributed by atoms with Crippen LogP contribution in [0.25, 0.3) is 0 Å². The van der Waals surface area contributed by atoms with Crippen molar-refractivity contribution >= 4 is 6.09 Å². The molecule has 0 bridgehead atoms. The monoisotopic (exact) mass is 298 g/mol. The molecule has 2 fully saturated rings. The van der Waals surface area contributed by atoms with Crippen LogP contribution in [0.5, 0.6) is 0 Å². The topological polar surface area (TPSA) is 59.6 Å². The van der Waals surface area contributed by atoms with Gasteiger partial charge in [-0.05, 0) is 65.8 Å². The number of nitrogens with one attached hydrogen (secondary N) is 2. The molecule has 0 aromatic carbocycles. The van der Waals surface area contributed by atoms with Gasteiger partial charge in [0.25, 0.3) is 0 Å². The summed E-state index contributed by atoms with van der Waals surface area (Å²) >= 11 is 0. The quantitative estimate of drug-likeness (QED) is 0.819. The molecule has 0 radical (unpaired) electrons. The molecule has 0 aromatic rings. The highest BCUT2D eigenvalue weighted by Gasteiger charge is 2.27. The highest BCUT2D eigenvalue weighted by molar-refractivity contribution is 5.68. The van der Waals surface area contributed by atoms with Gasteiger partial charge in [0.1, 0.15) is 5.60 Å². The van der Waals surface area contributed by atoms with Gasteiger partial charge in [-0.1, -0.05) is 0 Å². The Morgan fingerprint density at radius 3 is 2.67 bits per heavy atom. The van der Waals surface area contributed by atoms with Gasteiger partial charge in [-0.3, -0.25) is 0 Å². The van der Waals surface area contributed by atoms with E-state index < -0.39 is 5.60 Å². The van der Waals surface area contributed by atoms with Crippen LogP contribution in [0.2, 0.25) is 0 Å². The number of ether oxygens (including phenoxy) is 2. The molecule has 1 aliphatic carbocycles. The smallest absolute Gasteiger partial charge is 0.407 e. The SMILES string of the molecule is CC(C)(C)OC(=O)NC1CCC(NCCC2CCCO2)C1. The molecule has 5 nitrogen and oxygen atoms in total. The van der Waals surface area contributed by atoms with Gasteiger partial charge in [0.05, 0.1) is 6.10 Å². The van der Waals surface area contributed by atoms with Crippen molar-refractivity contribution < 1.29 is 14.3 Å². The molecule has 1 aliphatic heterocycles. The molecule has 2 rings (SSSR count). The van der Waals surface area contributed by atoms with Gasteiger partial charge in [0, 0.05) is 18.7 Å². The number of hydrogen-bond donors (Lipinski definition) is 2. The fraction of sp³-hybridized carbons (Fsp3) is 0.938. The van der Waals surface area contributed by atoms with E-state index in [-0.39, 0.29) is 12.1 Å². The lowest BCUT2D eigenvalue weighted by molar-refractivity contribution is 0.0505. The number of carbonyl (C=O) groups excluding carboxylic acids is 1. The van der Waals surface area contributed by atoms with Crippen LogP contribution in [-0.2, 0) is 9.47 Å². The summed E-state index contributed by atoms with van der Waals surface area (Å²) in [6, 6.07) is 0.742. The van der Waals surface area contributed by atoms with Gasteiger partial charge < -0.3 is 20.1 Å². The molecule has 2 N–H and O–H groups in total. The molecule has 2 aliphatic rings. The first kappa shape index (κ1) is 16.6. The van der Waals surface area contributed by atoms with Crippen molar-refractivity contribution in [2.75, 3.05) is 13.2 Å². The van der Waals surface area contributed by atoms with Crippen molar-refractivity contribution in [3.63, 3.8) is 0 Å². The summed E-state index contributed by atoms with van der Waals surface area (Å²) < 4.78 is 10.9. The predicted molar refractivity (Wildman–Crippen MR) is 82.4 cm³/mol. The van der Waals surface area contributed by atoms with E-state index in [1.54, 1.807) is 0 Å². The zero-order valence-corrected chi connectivity index (χ0v) is 13.6. The maximum atomic E-state index is 11.7. The maximum Gasteiger partial charge on any atom is 0.407 e. The summed E-state index contributed by atoms with van der Waals surface area (Å²) in [5.41, 5.74) is -0.429. The Kier molecular flexibility index (Phi) is 5.88. The van der Waals surface area contributed by atoms with E-state index in [9.17, 15) is 4.79 Å². The summed E-state index contributed by atoms with van der Waals surface area (Å²) in [6.07, 6.45) is 6.79. The third-order valence-corrected chi connectivity index (χ3v) is 4.08. The van der Waals surface area contributed by atoms with Gasteiger partial charge in [-0.25, -0.2) is 4.79 Å². The van der Waals surface area contributed by atoms with E-state index in [1.807, 2.05) is 20.8 Å². The Balaban J connectivity index is 1.58. The van der Waals surface area contributed by atoms with Crippen molar-refractivity contribution in [1.29, 1.82) is 0 Å². The first-order valence-electron chi connectivity index (χ1n) is 8.27. The van der Waals surface area contributed by atoms with Crippen molar-refractivity contribution in [3.8, 4) is 0 Å². The molecule has 1 heterocycles. The van der Waals surface area contributed by atoms with Crippen molar-refractivity contribution in [2.45, 2.75) is 83.1 Å². The van der Waals surface area contributed by atoms with Gasteiger partial charge >= 0.3 is 6.09 Å². The average Bonchev–Trinajstić information content (AvgIpc) is 2.98. The molecule has 122 valence electrons. The molecule has 0 aromatic heterocycles. The standard InChI is InChI=1S/C16H30N2O3/c1-16(2,3)21-15(19)18-13-7-6-12(11-13)17-9-8-14-5-4-10-20-14/h12-14,17H,4-11H2,1-3H3,(H,18,19). The molecule has 1 saturated heterocycles. The average molecular weight is 298 g/mol. The molecule has 3 atom stereocenters. The lowest BCUT2D eigenvalue weighted by Gasteiger charge is -2.22. The molecular formula is C16H30N2O3. The maximum absolute atomic E-state index is 11.7. The molecule has 0 spiro atoms. The van der Waals surface area contributed by atoms with Gasteiger partial charge in [0.2, 0.25) is 0 Å². The van der Waals surface area contributed by atoms with Crippen molar-refractivity contribution in [2.24, 2.45) is 0 Å². The number of alkyl carbamates (subject to hydrolysis) is 1. The van der Waals surface area contributed by atoms with E-state index in [1.165, 1.54) is 12.8 Å². The highest BCUT2D eigenvalue weighted by atomic mass is 16.6. The Morgan fingerprint density at radius 1 is 1.24 bits per heavy atom. The van der Waals surface area contributed by atoms with E-state index in [0.29, 0.717) is 12.1 Å². The Bertz CT molecular complexity index is 335. The number of hydrogen-bond acceptors (Lipinski definition) is 4. The lowest BCUT2D eigenvalue weighted by atomic mass is 10.1. The molecule has 1 saturated carbocycles. The number of carbonyl (C=O) groups is 1. The zero-order valence-electron chi connectivity index (χ0n) is 13.6. The van der Waals surface area contributed by atoms with Crippen molar-refractivity contribution in [3.05, 3.63) is 0 Å². The minimum atomic E-state index is -0.429. The number of rotatable bonds is 5. The largest absolute Gasteiger partial charge is 0.444 e. The summed E-state index contributed by atoms with van der Waals surface area (Å²) in [6.45, 7) is 7.59. The molecule has 1 amide bonds. The minimum Gasteiger partial charge on any atom is -0.444 e. The second-order valence-electron chi connectivity index (χ2n) is 7.23. The van der Waals surface area contributed by atoms with Crippen LogP contribution in [0.15, 0.2) is 0 Å².